The van der Waals surface area contributed by atoms with Crippen LogP contribution in [-0.4, -0.2) is 28.3 Å². The van der Waals surface area contributed by atoms with Gasteiger partial charge in [-0.15, -0.1) is 0 Å². The van der Waals surface area contributed by atoms with Gasteiger partial charge in [-0.1, -0.05) is 17.7 Å². The topological polar surface area (TPSA) is 114 Å². The molecule has 0 fully saturated rings. The van der Waals surface area contributed by atoms with E-state index >= 15 is 0 Å². The largest absolute Gasteiger partial charge is 0.351 e. The molecule has 1 aromatic carbocycles. The van der Waals surface area contributed by atoms with Gasteiger partial charge >= 0.3 is 0 Å². The average Bonchev–Trinajstić information content (AvgIpc) is 2.55. The number of nitro groups is 1. The van der Waals surface area contributed by atoms with Crippen molar-refractivity contribution in [1.82, 2.24) is 10.3 Å². The van der Waals surface area contributed by atoms with Crippen molar-refractivity contribution in [1.29, 1.82) is 0 Å². The molecule has 0 bridgehead atoms. The van der Waals surface area contributed by atoms with Crippen molar-refractivity contribution < 1.29 is 14.5 Å². The number of hydrogen-bond donors (Lipinski definition) is 2. The number of nitro benzene ring substituents is 1. The molecular weight excluding hydrogens is 336 g/mol. The van der Waals surface area contributed by atoms with E-state index in [2.05, 4.69) is 15.6 Å². The van der Waals surface area contributed by atoms with Gasteiger partial charge in [-0.05, 0) is 24.3 Å². The lowest BCUT2D eigenvalue weighted by molar-refractivity contribution is -0.385. The third kappa shape index (κ3) is 4.75. The first-order chi connectivity index (χ1) is 11.5. The zero-order valence-electron chi connectivity index (χ0n) is 12.4. The highest BCUT2D eigenvalue weighted by Crippen LogP contribution is 2.23. The second-order valence-corrected chi connectivity index (χ2v) is 5.12. The summed E-state index contributed by atoms with van der Waals surface area (Å²) in [6, 6.07) is 8.83. The van der Waals surface area contributed by atoms with E-state index in [1.807, 2.05) is 0 Å². The van der Waals surface area contributed by atoms with Gasteiger partial charge in [-0.25, -0.2) is 4.98 Å². The van der Waals surface area contributed by atoms with Crippen molar-refractivity contribution in [2.75, 3.05) is 11.9 Å². The highest BCUT2D eigenvalue weighted by atomic mass is 35.5. The first-order valence-electron chi connectivity index (χ1n) is 6.90. The zero-order chi connectivity index (χ0) is 17.5. The normalized spacial score (nSPS) is 10.0. The Balaban J connectivity index is 1.90. The van der Waals surface area contributed by atoms with Crippen LogP contribution in [0.1, 0.15) is 16.8 Å². The predicted molar refractivity (Wildman–Crippen MR) is 87.9 cm³/mol. The lowest BCUT2D eigenvalue weighted by Crippen LogP contribution is -2.28. The summed E-state index contributed by atoms with van der Waals surface area (Å²) in [5, 5.41) is 16.1. The maximum atomic E-state index is 12.0. The van der Waals surface area contributed by atoms with Gasteiger partial charge in [0.1, 0.15) is 11.4 Å². The molecule has 2 aromatic rings. The quantitative estimate of drug-likeness (QED) is 0.614. The second-order valence-electron chi connectivity index (χ2n) is 4.69. The lowest BCUT2D eigenvalue weighted by Gasteiger charge is -2.07. The van der Waals surface area contributed by atoms with Gasteiger partial charge in [0, 0.05) is 30.3 Å². The molecule has 0 aliphatic rings. The number of benzene rings is 1. The molecule has 1 heterocycles. The average molecular weight is 349 g/mol. The fourth-order valence-corrected chi connectivity index (χ4v) is 2.04. The standard InChI is InChI=1S/C15H13ClN4O4/c16-10-4-5-11(12(9-10)20(23)24)15(22)18-8-6-14(21)19-13-3-1-2-7-17-13/h1-5,7,9H,6,8H2,(H,18,22)(H,17,19,21). The molecule has 9 heteroatoms. The highest BCUT2D eigenvalue weighted by Gasteiger charge is 2.20. The molecule has 0 saturated heterocycles. The van der Waals surface area contributed by atoms with Gasteiger partial charge in [-0.2, -0.15) is 0 Å². The van der Waals surface area contributed by atoms with Crippen LogP contribution in [0, 0.1) is 10.1 Å². The fraction of sp³-hybridized carbons (Fsp3) is 0.133. The third-order valence-corrected chi connectivity index (χ3v) is 3.21. The summed E-state index contributed by atoms with van der Waals surface area (Å²) in [6.45, 7) is 0.0251. The molecular formula is C15H13ClN4O4. The van der Waals surface area contributed by atoms with Crippen molar-refractivity contribution in [3.63, 3.8) is 0 Å². The van der Waals surface area contributed by atoms with Crippen LogP contribution in [0.25, 0.3) is 0 Å². The van der Waals surface area contributed by atoms with E-state index in [1.165, 1.54) is 18.3 Å². The number of hydrogen-bond acceptors (Lipinski definition) is 5. The molecule has 0 unspecified atom stereocenters. The van der Waals surface area contributed by atoms with Crippen molar-refractivity contribution in [2.24, 2.45) is 0 Å². The molecule has 2 N–H and O–H groups in total. The second kappa shape index (κ2) is 8.02. The van der Waals surface area contributed by atoms with Crippen molar-refractivity contribution in [3.8, 4) is 0 Å². The molecule has 0 aliphatic carbocycles. The Labute approximate surface area is 142 Å². The monoisotopic (exact) mass is 348 g/mol. The number of nitrogens with zero attached hydrogens (tertiary/aromatic N) is 2. The molecule has 24 heavy (non-hydrogen) atoms. The number of pyridine rings is 1. The molecule has 0 radical (unpaired) electrons. The molecule has 0 spiro atoms. The fourth-order valence-electron chi connectivity index (χ4n) is 1.87. The summed E-state index contributed by atoms with van der Waals surface area (Å²) < 4.78 is 0. The lowest BCUT2D eigenvalue weighted by atomic mass is 10.1. The van der Waals surface area contributed by atoms with E-state index in [-0.39, 0.29) is 29.5 Å². The van der Waals surface area contributed by atoms with Gasteiger partial charge in [0.15, 0.2) is 0 Å². The SMILES string of the molecule is O=C(CCNC(=O)c1ccc(Cl)cc1[N+](=O)[O-])Nc1ccccn1. The van der Waals surface area contributed by atoms with Crippen LogP contribution in [0.5, 0.6) is 0 Å². The third-order valence-electron chi connectivity index (χ3n) is 2.97. The number of amides is 2. The molecule has 0 saturated carbocycles. The van der Waals surface area contributed by atoms with Gasteiger partial charge < -0.3 is 10.6 Å². The summed E-state index contributed by atoms with van der Waals surface area (Å²) in [4.78, 5) is 38.0. The van der Waals surface area contributed by atoms with Crippen LogP contribution in [0.15, 0.2) is 42.6 Å². The smallest absolute Gasteiger partial charge is 0.283 e. The number of halogens is 1. The summed E-state index contributed by atoms with van der Waals surface area (Å²) in [7, 11) is 0. The molecule has 1 aromatic heterocycles. The maximum Gasteiger partial charge on any atom is 0.283 e. The zero-order valence-corrected chi connectivity index (χ0v) is 13.1. The minimum absolute atomic E-state index is 0.00367. The van der Waals surface area contributed by atoms with Crippen molar-refractivity contribution in [3.05, 3.63) is 63.3 Å². The molecule has 2 amide bonds. The summed E-state index contributed by atoms with van der Waals surface area (Å²) in [5.74, 6) is -0.578. The number of aromatic nitrogens is 1. The van der Waals surface area contributed by atoms with Crippen LogP contribution in [0.3, 0.4) is 0 Å². The predicted octanol–water partition coefficient (Wildman–Crippen LogP) is 2.40. The summed E-state index contributed by atoms with van der Waals surface area (Å²) >= 11 is 5.69. The Kier molecular flexibility index (Phi) is 5.80. The molecule has 0 aliphatic heterocycles. The van der Waals surface area contributed by atoms with Crippen LogP contribution < -0.4 is 10.6 Å². The van der Waals surface area contributed by atoms with Crippen LogP contribution >= 0.6 is 11.6 Å². The van der Waals surface area contributed by atoms with E-state index in [0.717, 1.165) is 6.07 Å². The van der Waals surface area contributed by atoms with E-state index < -0.39 is 16.5 Å². The summed E-state index contributed by atoms with van der Waals surface area (Å²) in [6.07, 6.45) is 1.54. The van der Waals surface area contributed by atoms with Crippen LogP contribution in [0.4, 0.5) is 11.5 Å². The van der Waals surface area contributed by atoms with Crippen molar-refractivity contribution >= 4 is 34.9 Å². The highest BCUT2D eigenvalue weighted by molar-refractivity contribution is 6.31. The Morgan fingerprint density at radius 1 is 1.25 bits per heavy atom. The Morgan fingerprint density at radius 2 is 2.04 bits per heavy atom. The van der Waals surface area contributed by atoms with E-state index in [4.69, 9.17) is 11.6 Å². The minimum atomic E-state index is -0.686. The number of anilines is 1. The van der Waals surface area contributed by atoms with E-state index in [0.29, 0.717) is 5.82 Å². The van der Waals surface area contributed by atoms with Crippen LogP contribution in [-0.2, 0) is 4.79 Å². The van der Waals surface area contributed by atoms with Gasteiger partial charge in [0.05, 0.1) is 4.92 Å². The molecule has 124 valence electrons. The first-order valence-corrected chi connectivity index (χ1v) is 7.28. The van der Waals surface area contributed by atoms with Gasteiger partial charge in [-0.3, -0.25) is 19.7 Å². The number of carbonyl (C=O) groups excluding carboxylic acids is 2. The van der Waals surface area contributed by atoms with Gasteiger partial charge in [0.25, 0.3) is 11.6 Å². The van der Waals surface area contributed by atoms with E-state index in [1.54, 1.807) is 18.2 Å². The van der Waals surface area contributed by atoms with Gasteiger partial charge in [0.2, 0.25) is 5.91 Å². The number of carbonyl (C=O) groups is 2. The van der Waals surface area contributed by atoms with Crippen molar-refractivity contribution in [2.45, 2.75) is 6.42 Å². The van der Waals surface area contributed by atoms with E-state index in [9.17, 15) is 19.7 Å². The molecule has 8 nitrogen and oxygen atoms in total. The Hall–Kier alpha value is -3.00. The molecule has 0 atom stereocenters. The number of rotatable bonds is 6. The minimum Gasteiger partial charge on any atom is -0.351 e. The van der Waals surface area contributed by atoms with Crippen LogP contribution in [0.2, 0.25) is 5.02 Å². The summed E-state index contributed by atoms with van der Waals surface area (Å²) in [5.41, 5.74) is -0.507. The maximum absolute atomic E-state index is 12.0. The first kappa shape index (κ1) is 17.4. The Bertz CT molecular complexity index is 767. The molecule has 2 rings (SSSR count). The number of nitrogens with one attached hydrogen (secondary N) is 2. The Morgan fingerprint density at radius 3 is 2.71 bits per heavy atom.